The van der Waals surface area contributed by atoms with Gasteiger partial charge in [0.15, 0.2) is 11.2 Å². The number of oxazole rings is 2. The lowest BCUT2D eigenvalue weighted by atomic mass is 9.92. The molecule has 452 valence electrons. The number of nitrogens with zero attached hydrogens (tertiary/aromatic N) is 4. The second-order valence-electron chi connectivity index (χ2n) is 24.1. The molecular formula is C90H60N4O2. The summed E-state index contributed by atoms with van der Waals surface area (Å²) in [7, 11) is 0. The van der Waals surface area contributed by atoms with Gasteiger partial charge in [-0.05, 0) is 212 Å². The molecule has 18 aromatic rings. The summed E-state index contributed by atoms with van der Waals surface area (Å²) in [6.07, 6.45) is 1.81. The molecule has 0 fully saturated rings. The smallest absolute Gasteiger partial charge is 0.227 e. The summed E-state index contributed by atoms with van der Waals surface area (Å²) in [4.78, 5) is 20.2. The fourth-order valence-corrected chi connectivity index (χ4v) is 13.4. The molecule has 0 bridgehead atoms. The van der Waals surface area contributed by atoms with Gasteiger partial charge in [-0.3, -0.25) is 4.98 Å². The maximum Gasteiger partial charge on any atom is 0.227 e. The first-order chi connectivity index (χ1) is 47.5. The summed E-state index contributed by atoms with van der Waals surface area (Å²) in [5.41, 5.74) is 23.7. The van der Waals surface area contributed by atoms with Crippen molar-refractivity contribution in [1.29, 1.82) is 0 Å². The van der Waals surface area contributed by atoms with Crippen LogP contribution in [0.1, 0.15) is 13.8 Å². The minimum atomic E-state index is 0.575. The lowest BCUT2D eigenvalue weighted by Crippen LogP contribution is -1.94. The summed E-state index contributed by atoms with van der Waals surface area (Å²) in [6, 6.07) is 114. The van der Waals surface area contributed by atoms with Crippen LogP contribution < -0.4 is 0 Å². The van der Waals surface area contributed by atoms with Crippen molar-refractivity contribution in [1.82, 2.24) is 19.9 Å². The van der Waals surface area contributed by atoms with Crippen molar-refractivity contribution >= 4 is 65.3 Å². The van der Waals surface area contributed by atoms with Gasteiger partial charge in [0.1, 0.15) is 11.0 Å². The van der Waals surface area contributed by atoms with Crippen LogP contribution in [0.2, 0.25) is 0 Å². The average molecular weight is 1230 g/mol. The van der Waals surface area contributed by atoms with E-state index in [9.17, 15) is 0 Å². The second kappa shape index (κ2) is 24.4. The fraction of sp³-hybridized carbons (Fsp3) is 0.0222. The Bertz CT molecular complexity index is 5720. The van der Waals surface area contributed by atoms with E-state index in [1.807, 2.05) is 38.2 Å². The van der Waals surface area contributed by atoms with Crippen LogP contribution >= 0.6 is 0 Å². The van der Waals surface area contributed by atoms with Gasteiger partial charge in [0, 0.05) is 28.5 Å². The van der Waals surface area contributed by atoms with E-state index in [0.29, 0.717) is 11.8 Å². The molecule has 0 spiro atoms. The molecule has 0 unspecified atom stereocenters. The normalized spacial score (nSPS) is 11.4. The molecule has 18 rings (SSSR count). The van der Waals surface area contributed by atoms with Crippen LogP contribution in [0.3, 0.4) is 0 Å². The number of hydrogen-bond acceptors (Lipinski definition) is 6. The molecular weight excluding hydrogens is 1170 g/mol. The highest BCUT2D eigenvalue weighted by Crippen LogP contribution is 2.43. The Labute approximate surface area is 555 Å². The summed E-state index contributed by atoms with van der Waals surface area (Å²) in [6.45, 7) is 4.00. The van der Waals surface area contributed by atoms with Crippen LogP contribution in [0.15, 0.2) is 337 Å². The number of fused-ring (bicyclic) bond motifs is 6. The minimum Gasteiger partial charge on any atom is -0.436 e. The molecule has 0 aliphatic carbocycles. The zero-order valence-corrected chi connectivity index (χ0v) is 52.8. The van der Waals surface area contributed by atoms with Crippen molar-refractivity contribution in [2.75, 3.05) is 0 Å². The minimum absolute atomic E-state index is 0.575. The fourth-order valence-electron chi connectivity index (χ4n) is 13.4. The van der Waals surface area contributed by atoms with Gasteiger partial charge in [-0.2, -0.15) is 0 Å². The SMILES string of the molecule is CC.c1ccc(-c2ccc(-c3ccc(-c4ccc(-c5nc6cc(-c7ccc8ccccc8c7)c(-c7ccc8ccccc8c7)cc6o5)cc4)cc3)c(-c3ccc(-c4ccc(-c5nc6cc(-c7ccc8ccccc8c7)c(-c7ccc8ccccc8c7)cc6o5)cc4)cc3)n2)nc1. The van der Waals surface area contributed by atoms with Crippen molar-refractivity contribution in [2.45, 2.75) is 13.8 Å². The molecule has 0 aliphatic rings. The lowest BCUT2D eigenvalue weighted by molar-refractivity contribution is 0.619. The van der Waals surface area contributed by atoms with E-state index >= 15 is 0 Å². The van der Waals surface area contributed by atoms with Crippen LogP contribution in [-0.2, 0) is 0 Å². The highest BCUT2D eigenvalue weighted by Gasteiger charge is 2.20. The quantitative estimate of drug-likeness (QED) is 0.128. The van der Waals surface area contributed by atoms with Gasteiger partial charge in [-0.15, -0.1) is 0 Å². The Balaban J connectivity index is 0.00000345. The van der Waals surface area contributed by atoms with Crippen molar-refractivity contribution in [3.05, 3.63) is 328 Å². The van der Waals surface area contributed by atoms with Crippen molar-refractivity contribution in [3.8, 4) is 123 Å². The molecule has 0 aliphatic heterocycles. The third-order valence-electron chi connectivity index (χ3n) is 18.4. The second-order valence-corrected chi connectivity index (χ2v) is 24.1. The van der Waals surface area contributed by atoms with Gasteiger partial charge in [0.2, 0.25) is 11.8 Å². The monoisotopic (exact) mass is 1230 g/mol. The van der Waals surface area contributed by atoms with Gasteiger partial charge < -0.3 is 8.83 Å². The Hall–Kier alpha value is -12.6. The highest BCUT2D eigenvalue weighted by molar-refractivity contribution is 6.01. The molecule has 96 heavy (non-hydrogen) atoms. The molecule has 0 radical (unpaired) electrons. The third-order valence-corrected chi connectivity index (χ3v) is 18.4. The maximum atomic E-state index is 6.63. The largest absolute Gasteiger partial charge is 0.436 e. The third kappa shape index (κ3) is 10.8. The van der Waals surface area contributed by atoms with Crippen molar-refractivity contribution in [3.63, 3.8) is 0 Å². The average Bonchev–Trinajstić information content (AvgIpc) is 1.38. The standard InChI is InChI=1S/C88H54N4O2.C2H6/c1-5-15-67-47-71(40-28-55(67)11-1)76-51-82-84(53-78(76)73-42-30-57-13-3-7-17-69(57)49-73)93-87(91-82)65-36-24-61(25-37-65)59-20-32-63(33-21-59)75-44-45-81(80-19-9-10-46-89-80)90-86(75)64-34-22-60(23-35-64)62-26-38-66(39-27-62)88-92-83-52-77(72-41-29-56-12-2-6-16-68(56)48-72)79(54-85(83)94-88)74-43-31-58-14-4-8-18-70(58)50-74;1-2/h1-54H;1-2H3. The Kier molecular flexibility index (Phi) is 14.6. The summed E-state index contributed by atoms with van der Waals surface area (Å²) >= 11 is 0. The number of rotatable bonds is 11. The molecule has 0 amide bonds. The van der Waals surface area contributed by atoms with E-state index in [0.717, 1.165) is 134 Å². The molecule has 6 nitrogen and oxygen atoms in total. The van der Waals surface area contributed by atoms with Gasteiger partial charge in [-0.1, -0.05) is 238 Å². The van der Waals surface area contributed by atoms with Crippen LogP contribution in [0.4, 0.5) is 0 Å². The van der Waals surface area contributed by atoms with Gasteiger partial charge in [-0.25, -0.2) is 15.0 Å². The number of pyridine rings is 2. The van der Waals surface area contributed by atoms with E-state index in [1.54, 1.807) is 0 Å². The number of hydrogen-bond donors (Lipinski definition) is 0. The molecule has 14 aromatic carbocycles. The van der Waals surface area contributed by atoms with E-state index in [2.05, 4.69) is 308 Å². The maximum absolute atomic E-state index is 6.63. The highest BCUT2D eigenvalue weighted by atomic mass is 16.4. The van der Waals surface area contributed by atoms with Gasteiger partial charge >= 0.3 is 0 Å². The lowest BCUT2D eigenvalue weighted by Gasteiger charge is -2.13. The molecule has 0 N–H and O–H groups in total. The zero-order chi connectivity index (χ0) is 64.1. The Morgan fingerprint density at radius 1 is 0.219 bits per heavy atom. The molecule has 0 atom stereocenters. The van der Waals surface area contributed by atoms with Crippen molar-refractivity contribution in [2.24, 2.45) is 0 Å². The zero-order valence-electron chi connectivity index (χ0n) is 52.8. The Morgan fingerprint density at radius 2 is 0.542 bits per heavy atom. The topological polar surface area (TPSA) is 77.8 Å². The van der Waals surface area contributed by atoms with Crippen LogP contribution in [0, 0.1) is 0 Å². The Morgan fingerprint density at radius 3 is 0.917 bits per heavy atom. The predicted octanol–water partition coefficient (Wildman–Crippen LogP) is 24.7. The van der Waals surface area contributed by atoms with Crippen LogP contribution in [0.5, 0.6) is 0 Å². The summed E-state index contributed by atoms with van der Waals surface area (Å²) < 4.78 is 13.3. The van der Waals surface area contributed by atoms with Crippen LogP contribution in [0.25, 0.3) is 189 Å². The predicted molar refractivity (Wildman–Crippen MR) is 398 cm³/mol. The molecule has 4 aromatic heterocycles. The molecule has 6 heteroatoms. The van der Waals surface area contributed by atoms with Crippen LogP contribution in [-0.4, -0.2) is 19.9 Å². The van der Waals surface area contributed by atoms with E-state index in [4.69, 9.17) is 23.8 Å². The van der Waals surface area contributed by atoms with E-state index in [-0.39, 0.29) is 0 Å². The van der Waals surface area contributed by atoms with E-state index < -0.39 is 0 Å². The van der Waals surface area contributed by atoms with Crippen molar-refractivity contribution < 1.29 is 8.83 Å². The molecule has 0 saturated carbocycles. The first kappa shape index (κ1) is 57.3. The first-order valence-electron chi connectivity index (χ1n) is 32.7. The number of aromatic nitrogens is 4. The van der Waals surface area contributed by atoms with E-state index in [1.165, 1.54) is 43.1 Å². The first-order valence-corrected chi connectivity index (χ1v) is 32.7. The van der Waals surface area contributed by atoms with Gasteiger partial charge in [0.05, 0.1) is 17.1 Å². The summed E-state index contributed by atoms with van der Waals surface area (Å²) in [5, 5.41) is 9.59. The van der Waals surface area contributed by atoms with Gasteiger partial charge in [0.25, 0.3) is 0 Å². The molecule has 0 saturated heterocycles. The molecule has 4 heterocycles. The summed E-state index contributed by atoms with van der Waals surface area (Å²) in [5.74, 6) is 1.15. The number of benzene rings is 14.